The highest BCUT2D eigenvalue weighted by Gasteiger charge is 2.16. The first kappa shape index (κ1) is 20.0. The fraction of sp³-hybridized carbons (Fsp3) is 0.182. The summed E-state index contributed by atoms with van der Waals surface area (Å²) in [5, 5.41) is 9.43. The SMILES string of the molecule is O=C(CCCSc1nnc(-c2cccnc2)n1Cc1ccco1)c1ccc(F)cc1. The Morgan fingerprint density at radius 3 is 2.70 bits per heavy atom. The van der Waals surface area contributed by atoms with Gasteiger partial charge in [0.1, 0.15) is 11.6 Å². The first-order valence-corrected chi connectivity index (χ1v) is 10.5. The summed E-state index contributed by atoms with van der Waals surface area (Å²) >= 11 is 1.54. The van der Waals surface area contributed by atoms with Gasteiger partial charge in [0.25, 0.3) is 0 Å². The maximum atomic E-state index is 13.0. The van der Waals surface area contributed by atoms with Gasteiger partial charge in [-0.1, -0.05) is 11.8 Å². The second-order valence-corrected chi connectivity index (χ2v) is 7.66. The van der Waals surface area contributed by atoms with Crippen LogP contribution < -0.4 is 0 Å². The molecule has 3 heterocycles. The van der Waals surface area contributed by atoms with Crippen molar-refractivity contribution in [3.05, 3.63) is 84.3 Å². The zero-order valence-electron chi connectivity index (χ0n) is 16.1. The minimum absolute atomic E-state index is 0.00343. The normalized spacial score (nSPS) is 11.0. The van der Waals surface area contributed by atoms with Gasteiger partial charge in [-0.15, -0.1) is 10.2 Å². The first-order valence-electron chi connectivity index (χ1n) is 9.48. The van der Waals surface area contributed by atoms with Crippen LogP contribution in [0.15, 0.2) is 76.8 Å². The molecular weight excluding hydrogens is 403 g/mol. The Hall–Kier alpha value is -3.26. The summed E-state index contributed by atoms with van der Waals surface area (Å²) in [6.07, 6.45) is 6.16. The van der Waals surface area contributed by atoms with Crippen molar-refractivity contribution >= 4 is 17.5 Å². The number of benzene rings is 1. The van der Waals surface area contributed by atoms with Gasteiger partial charge in [0, 0.05) is 35.7 Å². The lowest BCUT2D eigenvalue weighted by Gasteiger charge is -2.08. The van der Waals surface area contributed by atoms with Gasteiger partial charge < -0.3 is 4.42 Å². The van der Waals surface area contributed by atoms with E-state index < -0.39 is 0 Å². The second kappa shape index (κ2) is 9.49. The van der Waals surface area contributed by atoms with E-state index in [-0.39, 0.29) is 11.6 Å². The van der Waals surface area contributed by atoms with Crippen LogP contribution in [0.4, 0.5) is 4.39 Å². The smallest absolute Gasteiger partial charge is 0.191 e. The molecule has 4 aromatic rings. The van der Waals surface area contributed by atoms with E-state index >= 15 is 0 Å². The van der Waals surface area contributed by atoms with Gasteiger partial charge in [-0.2, -0.15) is 0 Å². The van der Waals surface area contributed by atoms with Crippen molar-refractivity contribution in [2.45, 2.75) is 24.5 Å². The standard InChI is InChI=1S/C22H19FN4O2S/c23-18-9-7-16(8-10-18)20(28)6-3-13-30-22-26-25-21(17-4-1-11-24-14-17)27(22)15-19-5-2-12-29-19/h1-2,4-5,7-12,14H,3,6,13,15H2. The average Bonchev–Trinajstić information content (AvgIpc) is 3.43. The third-order valence-electron chi connectivity index (χ3n) is 4.48. The molecule has 30 heavy (non-hydrogen) atoms. The highest BCUT2D eigenvalue weighted by molar-refractivity contribution is 7.99. The summed E-state index contributed by atoms with van der Waals surface area (Å²) in [5.74, 6) is 1.87. The third kappa shape index (κ3) is 4.83. The van der Waals surface area contributed by atoms with E-state index in [2.05, 4.69) is 15.2 Å². The van der Waals surface area contributed by atoms with E-state index in [0.717, 1.165) is 16.5 Å². The molecule has 1 aromatic carbocycles. The number of carbonyl (C=O) groups is 1. The lowest BCUT2D eigenvalue weighted by molar-refractivity contribution is 0.0982. The number of carbonyl (C=O) groups excluding carboxylic acids is 1. The number of halogens is 1. The van der Waals surface area contributed by atoms with Crippen molar-refractivity contribution in [2.24, 2.45) is 0 Å². The number of hydrogen-bond donors (Lipinski definition) is 0. The molecule has 8 heteroatoms. The van der Waals surface area contributed by atoms with E-state index in [1.807, 2.05) is 28.8 Å². The molecule has 0 saturated heterocycles. The summed E-state index contributed by atoms with van der Waals surface area (Å²) in [5.41, 5.74) is 1.40. The number of Topliss-reactive ketones (excluding diaryl/α,β-unsaturated/α-hetero) is 1. The Kier molecular flexibility index (Phi) is 6.34. The van der Waals surface area contributed by atoms with E-state index in [4.69, 9.17) is 4.42 Å². The lowest BCUT2D eigenvalue weighted by Crippen LogP contribution is -2.04. The van der Waals surface area contributed by atoms with E-state index in [1.54, 1.807) is 18.7 Å². The van der Waals surface area contributed by atoms with Crippen molar-refractivity contribution in [1.29, 1.82) is 0 Å². The maximum Gasteiger partial charge on any atom is 0.191 e. The number of nitrogens with zero attached hydrogens (tertiary/aromatic N) is 4. The first-order chi connectivity index (χ1) is 14.7. The van der Waals surface area contributed by atoms with Crippen molar-refractivity contribution in [3.63, 3.8) is 0 Å². The molecule has 0 unspecified atom stereocenters. The number of hydrogen-bond acceptors (Lipinski definition) is 6. The zero-order valence-corrected chi connectivity index (χ0v) is 16.9. The Morgan fingerprint density at radius 2 is 1.97 bits per heavy atom. The van der Waals surface area contributed by atoms with Gasteiger partial charge in [-0.25, -0.2) is 4.39 Å². The quantitative estimate of drug-likeness (QED) is 0.218. The molecular formula is C22H19FN4O2S. The van der Waals surface area contributed by atoms with E-state index in [9.17, 15) is 9.18 Å². The summed E-state index contributed by atoms with van der Waals surface area (Å²) < 4.78 is 20.5. The highest BCUT2D eigenvalue weighted by atomic mass is 32.2. The number of furan rings is 1. The van der Waals surface area contributed by atoms with Crippen molar-refractivity contribution in [2.75, 3.05) is 5.75 Å². The van der Waals surface area contributed by atoms with Crippen LogP contribution in [0.5, 0.6) is 0 Å². The molecule has 0 aliphatic heterocycles. The molecule has 0 N–H and O–H groups in total. The Balaban J connectivity index is 1.42. The molecule has 6 nitrogen and oxygen atoms in total. The summed E-state index contributed by atoms with van der Waals surface area (Å²) in [7, 11) is 0. The second-order valence-electron chi connectivity index (χ2n) is 6.60. The predicted octanol–water partition coefficient (Wildman–Crippen LogP) is 4.88. The van der Waals surface area contributed by atoms with Crippen LogP contribution in [-0.2, 0) is 6.54 Å². The minimum atomic E-state index is -0.345. The van der Waals surface area contributed by atoms with E-state index in [1.165, 1.54) is 36.0 Å². The Morgan fingerprint density at radius 1 is 1.10 bits per heavy atom. The molecule has 0 amide bonds. The fourth-order valence-electron chi connectivity index (χ4n) is 2.98. The summed E-state index contributed by atoms with van der Waals surface area (Å²) in [4.78, 5) is 16.4. The van der Waals surface area contributed by atoms with Crippen LogP contribution in [0.1, 0.15) is 29.0 Å². The average molecular weight is 422 g/mol. The largest absolute Gasteiger partial charge is 0.467 e. The van der Waals surface area contributed by atoms with Crippen LogP contribution in [0, 0.1) is 5.82 Å². The van der Waals surface area contributed by atoms with Gasteiger partial charge >= 0.3 is 0 Å². The predicted molar refractivity (Wildman–Crippen MR) is 112 cm³/mol. The summed E-state index contributed by atoms with van der Waals surface area (Å²) in [6.45, 7) is 0.501. The van der Waals surface area contributed by atoms with Gasteiger partial charge in [0.05, 0.1) is 12.8 Å². The Labute approximate surface area is 177 Å². The summed E-state index contributed by atoms with van der Waals surface area (Å²) in [6, 6.07) is 13.2. The monoisotopic (exact) mass is 422 g/mol. The fourth-order valence-corrected chi connectivity index (χ4v) is 3.86. The molecule has 0 fully saturated rings. The molecule has 0 aliphatic rings. The van der Waals surface area contributed by atoms with Gasteiger partial charge in [-0.3, -0.25) is 14.3 Å². The van der Waals surface area contributed by atoms with Gasteiger partial charge in [-0.05, 0) is 55.0 Å². The molecule has 0 atom stereocenters. The number of rotatable bonds is 9. The van der Waals surface area contributed by atoms with Crippen LogP contribution in [-0.4, -0.2) is 31.3 Å². The van der Waals surface area contributed by atoms with Crippen molar-refractivity contribution < 1.29 is 13.6 Å². The highest BCUT2D eigenvalue weighted by Crippen LogP contribution is 2.25. The van der Waals surface area contributed by atoms with Crippen LogP contribution in [0.25, 0.3) is 11.4 Å². The number of aromatic nitrogens is 4. The molecule has 0 aliphatic carbocycles. The van der Waals surface area contributed by atoms with E-state index in [0.29, 0.717) is 36.5 Å². The molecule has 0 saturated carbocycles. The maximum absolute atomic E-state index is 13.0. The third-order valence-corrected chi connectivity index (χ3v) is 5.53. The van der Waals surface area contributed by atoms with Gasteiger partial charge in [0.2, 0.25) is 0 Å². The lowest BCUT2D eigenvalue weighted by atomic mass is 10.1. The molecule has 3 aromatic heterocycles. The van der Waals surface area contributed by atoms with Crippen LogP contribution in [0.2, 0.25) is 0 Å². The van der Waals surface area contributed by atoms with Gasteiger partial charge in [0.15, 0.2) is 16.8 Å². The zero-order chi connectivity index (χ0) is 20.8. The molecule has 0 bridgehead atoms. The molecule has 0 radical (unpaired) electrons. The molecule has 152 valence electrons. The van der Waals surface area contributed by atoms with Crippen molar-refractivity contribution in [1.82, 2.24) is 19.7 Å². The molecule has 0 spiro atoms. The van der Waals surface area contributed by atoms with Crippen LogP contribution >= 0.6 is 11.8 Å². The van der Waals surface area contributed by atoms with Crippen LogP contribution in [0.3, 0.4) is 0 Å². The van der Waals surface area contributed by atoms with Crippen molar-refractivity contribution in [3.8, 4) is 11.4 Å². The minimum Gasteiger partial charge on any atom is -0.467 e. The number of thioether (sulfide) groups is 1. The Bertz CT molecular complexity index is 1100. The molecule has 4 rings (SSSR count). The number of pyridine rings is 1. The topological polar surface area (TPSA) is 73.8 Å². The number of ketones is 1.